The number of hydrogen-bond donors (Lipinski definition) is 0. The number of amides is 1. The average molecular weight is 329 g/mol. The second-order valence-corrected chi connectivity index (χ2v) is 6.12. The third-order valence-corrected chi connectivity index (χ3v) is 4.44. The Labute approximate surface area is 140 Å². The molecule has 0 atom stereocenters. The highest BCUT2D eigenvalue weighted by Gasteiger charge is 2.28. The van der Waals surface area contributed by atoms with Gasteiger partial charge in [-0.2, -0.15) is 0 Å². The molecule has 2 heterocycles. The van der Waals surface area contributed by atoms with Gasteiger partial charge in [0.05, 0.1) is 5.56 Å². The lowest BCUT2D eigenvalue weighted by Gasteiger charge is -2.31. The van der Waals surface area contributed by atoms with E-state index in [1.807, 2.05) is 0 Å². The van der Waals surface area contributed by atoms with Crippen molar-refractivity contribution < 1.29 is 9.59 Å². The largest absolute Gasteiger partial charge is 0.339 e. The monoisotopic (exact) mass is 328 g/mol. The van der Waals surface area contributed by atoms with Crippen LogP contribution in [0.4, 0.5) is 0 Å². The fourth-order valence-corrected chi connectivity index (χ4v) is 2.99. The van der Waals surface area contributed by atoms with Gasteiger partial charge in [-0.1, -0.05) is 11.6 Å². The Morgan fingerprint density at radius 2 is 1.74 bits per heavy atom. The molecule has 0 saturated carbocycles. The summed E-state index contributed by atoms with van der Waals surface area (Å²) in [6.45, 7) is 1.19. The number of carbonyl (C=O) groups is 2. The van der Waals surface area contributed by atoms with E-state index in [9.17, 15) is 9.59 Å². The van der Waals surface area contributed by atoms with Crippen molar-refractivity contribution in [3.63, 3.8) is 0 Å². The van der Waals surface area contributed by atoms with Crippen LogP contribution < -0.4 is 0 Å². The van der Waals surface area contributed by atoms with Crippen LogP contribution in [0.1, 0.15) is 33.6 Å². The van der Waals surface area contributed by atoms with Crippen molar-refractivity contribution in [2.24, 2.45) is 5.92 Å². The summed E-state index contributed by atoms with van der Waals surface area (Å²) in [7, 11) is 0. The minimum Gasteiger partial charge on any atom is -0.339 e. The van der Waals surface area contributed by atoms with E-state index in [0.29, 0.717) is 42.1 Å². The lowest BCUT2D eigenvalue weighted by molar-refractivity contribution is 0.0650. The van der Waals surface area contributed by atoms with E-state index >= 15 is 0 Å². The molecule has 1 saturated heterocycles. The molecule has 0 N–H and O–H groups in total. The lowest BCUT2D eigenvalue weighted by Crippen LogP contribution is -2.40. The maximum absolute atomic E-state index is 12.5. The number of aromatic nitrogens is 1. The van der Waals surface area contributed by atoms with E-state index in [1.54, 1.807) is 53.7 Å². The third-order valence-electron chi connectivity index (χ3n) is 4.19. The third kappa shape index (κ3) is 3.59. The molecule has 3 rings (SSSR count). The van der Waals surface area contributed by atoms with E-state index in [-0.39, 0.29) is 17.6 Å². The van der Waals surface area contributed by atoms with Crippen LogP contribution in [0.2, 0.25) is 5.02 Å². The number of nitrogens with zero attached hydrogens (tertiary/aromatic N) is 2. The Bertz CT molecular complexity index is 693. The van der Waals surface area contributed by atoms with Crippen molar-refractivity contribution in [2.45, 2.75) is 12.8 Å². The maximum Gasteiger partial charge on any atom is 0.255 e. The number of likely N-dealkylation sites (tertiary alicyclic amines) is 1. The number of halogens is 1. The van der Waals surface area contributed by atoms with Crippen LogP contribution in [0.3, 0.4) is 0 Å². The first-order chi connectivity index (χ1) is 11.1. The van der Waals surface area contributed by atoms with Crippen molar-refractivity contribution in [1.82, 2.24) is 9.88 Å². The van der Waals surface area contributed by atoms with Gasteiger partial charge < -0.3 is 4.90 Å². The van der Waals surface area contributed by atoms with Gasteiger partial charge in [0.2, 0.25) is 0 Å². The summed E-state index contributed by atoms with van der Waals surface area (Å²) in [6.07, 6.45) is 4.60. The fourth-order valence-electron chi connectivity index (χ4n) is 2.87. The molecular weight excluding hydrogens is 312 g/mol. The molecule has 0 unspecified atom stereocenters. The van der Waals surface area contributed by atoms with Gasteiger partial charge in [0.15, 0.2) is 5.78 Å². The molecular formula is C18H17ClN2O2. The highest BCUT2D eigenvalue weighted by Crippen LogP contribution is 2.23. The molecule has 1 aliphatic rings. The average Bonchev–Trinajstić information content (AvgIpc) is 2.62. The summed E-state index contributed by atoms with van der Waals surface area (Å²) in [5.41, 5.74) is 1.28. The zero-order valence-corrected chi connectivity index (χ0v) is 13.4. The van der Waals surface area contributed by atoms with E-state index in [2.05, 4.69) is 4.98 Å². The predicted molar refractivity (Wildman–Crippen MR) is 88.6 cm³/mol. The molecule has 4 nitrogen and oxygen atoms in total. The predicted octanol–water partition coefficient (Wildman–Crippen LogP) is 3.47. The van der Waals surface area contributed by atoms with Gasteiger partial charge in [0, 0.05) is 42.0 Å². The quantitative estimate of drug-likeness (QED) is 0.811. The molecule has 1 aromatic carbocycles. The van der Waals surface area contributed by atoms with E-state index in [0.717, 1.165) is 0 Å². The van der Waals surface area contributed by atoms with Crippen LogP contribution in [-0.2, 0) is 0 Å². The molecule has 1 aromatic heterocycles. The Morgan fingerprint density at radius 1 is 1.04 bits per heavy atom. The summed E-state index contributed by atoms with van der Waals surface area (Å²) in [6, 6.07) is 10.5. The van der Waals surface area contributed by atoms with Crippen LogP contribution in [0.15, 0.2) is 48.8 Å². The molecule has 2 aromatic rings. The fraction of sp³-hybridized carbons (Fsp3) is 0.278. The molecule has 0 bridgehead atoms. The second-order valence-electron chi connectivity index (χ2n) is 5.68. The summed E-state index contributed by atoms with van der Waals surface area (Å²) in [5, 5.41) is 0.624. The molecule has 23 heavy (non-hydrogen) atoms. The maximum atomic E-state index is 12.5. The highest BCUT2D eigenvalue weighted by atomic mass is 35.5. The number of benzene rings is 1. The number of piperidine rings is 1. The molecule has 118 valence electrons. The molecule has 1 amide bonds. The van der Waals surface area contributed by atoms with Crippen molar-refractivity contribution in [3.05, 3.63) is 64.9 Å². The minimum atomic E-state index is -0.0332. The number of Topliss-reactive ketones (excluding diaryl/α,β-unsaturated/α-hetero) is 1. The second kappa shape index (κ2) is 6.92. The minimum absolute atomic E-state index is 0.0181. The van der Waals surface area contributed by atoms with Gasteiger partial charge in [-0.05, 0) is 49.2 Å². The van der Waals surface area contributed by atoms with E-state index in [1.165, 1.54) is 0 Å². The molecule has 0 aliphatic carbocycles. The van der Waals surface area contributed by atoms with Gasteiger partial charge in [0.1, 0.15) is 0 Å². The smallest absolute Gasteiger partial charge is 0.255 e. The van der Waals surface area contributed by atoms with Gasteiger partial charge in [-0.15, -0.1) is 0 Å². The first kappa shape index (κ1) is 15.7. The van der Waals surface area contributed by atoms with Crippen molar-refractivity contribution in [3.8, 4) is 0 Å². The number of carbonyl (C=O) groups excluding carboxylic acids is 2. The van der Waals surface area contributed by atoms with Crippen molar-refractivity contribution >= 4 is 23.3 Å². The van der Waals surface area contributed by atoms with Crippen LogP contribution in [0, 0.1) is 5.92 Å². The van der Waals surface area contributed by atoms with Crippen molar-refractivity contribution in [2.75, 3.05) is 13.1 Å². The van der Waals surface area contributed by atoms with E-state index in [4.69, 9.17) is 11.6 Å². The standard InChI is InChI=1S/C18H17ClN2O2/c19-16-5-3-13(4-6-16)17(22)14-7-10-21(11-8-14)18(23)15-2-1-9-20-12-15/h1-6,9,12,14H,7-8,10-11H2. The van der Waals surface area contributed by atoms with Gasteiger partial charge in [-0.3, -0.25) is 14.6 Å². The Hall–Kier alpha value is -2.20. The Balaban J connectivity index is 1.61. The SMILES string of the molecule is O=C(c1ccc(Cl)cc1)C1CCN(C(=O)c2cccnc2)CC1. The zero-order valence-electron chi connectivity index (χ0n) is 12.6. The van der Waals surface area contributed by atoms with Crippen molar-refractivity contribution in [1.29, 1.82) is 0 Å². The van der Waals surface area contributed by atoms with Crippen LogP contribution in [0.5, 0.6) is 0 Å². The molecule has 0 spiro atoms. The van der Waals surface area contributed by atoms with Crippen LogP contribution in [-0.4, -0.2) is 34.7 Å². The first-order valence-corrected chi connectivity index (χ1v) is 8.02. The van der Waals surface area contributed by atoms with E-state index < -0.39 is 0 Å². The van der Waals surface area contributed by atoms with Gasteiger partial charge >= 0.3 is 0 Å². The number of ketones is 1. The summed E-state index contributed by atoms with van der Waals surface area (Å²) >= 11 is 5.85. The first-order valence-electron chi connectivity index (χ1n) is 7.64. The summed E-state index contributed by atoms with van der Waals surface area (Å²) in [5.74, 6) is 0.0831. The Kier molecular flexibility index (Phi) is 4.72. The molecule has 0 radical (unpaired) electrons. The molecule has 5 heteroatoms. The zero-order chi connectivity index (χ0) is 16.2. The van der Waals surface area contributed by atoms with Crippen LogP contribution in [0.25, 0.3) is 0 Å². The molecule has 1 aliphatic heterocycles. The normalized spacial score (nSPS) is 15.4. The number of hydrogen-bond acceptors (Lipinski definition) is 3. The summed E-state index contributed by atoms with van der Waals surface area (Å²) < 4.78 is 0. The molecule has 1 fully saturated rings. The number of pyridine rings is 1. The topological polar surface area (TPSA) is 50.3 Å². The highest BCUT2D eigenvalue weighted by molar-refractivity contribution is 6.30. The van der Waals surface area contributed by atoms with Crippen LogP contribution >= 0.6 is 11.6 Å². The summed E-state index contributed by atoms with van der Waals surface area (Å²) in [4.78, 5) is 30.6. The van der Waals surface area contributed by atoms with Gasteiger partial charge in [0.25, 0.3) is 5.91 Å². The number of rotatable bonds is 3. The van der Waals surface area contributed by atoms with Gasteiger partial charge in [-0.25, -0.2) is 0 Å². The Morgan fingerprint density at radius 3 is 2.35 bits per heavy atom. The lowest BCUT2D eigenvalue weighted by atomic mass is 9.88.